The van der Waals surface area contributed by atoms with Crippen LogP contribution in [0, 0.1) is 0 Å². The molecule has 0 bridgehead atoms. The number of nitrogens with zero attached hydrogens (tertiary/aromatic N) is 3. The van der Waals surface area contributed by atoms with Gasteiger partial charge >= 0.3 is 0 Å². The average molecular weight is 758 g/mol. The minimum atomic E-state index is -0.359. The van der Waals surface area contributed by atoms with E-state index in [0.717, 1.165) is 52.7 Å². The topological polar surface area (TPSA) is 71.8 Å². The van der Waals surface area contributed by atoms with E-state index < -0.39 is 0 Å². The number of carbonyl (C=O) groups excluding carboxylic acids is 2. The number of thiazole rings is 1. The number of fused-ring (bicyclic) bond motifs is 5. The van der Waals surface area contributed by atoms with Gasteiger partial charge in [-0.1, -0.05) is 129 Å². The third-order valence-corrected chi connectivity index (χ3v) is 12.2. The Morgan fingerprint density at radius 2 is 1.49 bits per heavy atom. The Kier molecular flexibility index (Phi) is 11.2. The van der Waals surface area contributed by atoms with Gasteiger partial charge in [0.15, 0.2) is 6.73 Å². The van der Waals surface area contributed by atoms with Gasteiger partial charge in [-0.05, 0) is 71.5 Å². The molecule has 2 aliphatic rings. The number of carbonyl (C=O) groups is 2. The number of hydrogen-bond donors (Lipinski definition) is 0. The molecule has 1 aromatic heterocycles. The molecule has 4 aromatic carbocycles. The zero-order valence-corrected chi connectivity index (χ0v) is 32.1. The molecule has 3 heterocycles. The van der Waals surface area contributed by atoms with Gasteiger partial charge in [-0.2, -0.15) is 0 Å². The molecule has 5 aromatic rings. The minimum absolute atomic E-state index is 0.263. The van der Waals surface area contributed by atoms with Gasteiger partial charge in [-0.15, -0.1) is 11.3 Å². The summed E-state index contributed by atoms with van der Waals surface area (Å²) in [4.78, 5) is 42.8. The highest BCUT2D eigenvalue weighted by atomic mass is 32.2. The van der Waals surface area contributed by atoms with Gasteiger partial charge in [0.2, 0.25) is 0 Å². The molecule has 7 nitrogen and oxygen atoms in total. The van der Waals surface area contributed by atoms with E-state index in [-0.39, 0.29) is 18.2 Å². The summed E-state index contributed by atoms with van der Waals surface area (Å²) in [6.45, 7) is 5.41. The lowest BCUT2D eigenvalue weighted by Gasteiger charge is -2.27. The van der Waals surface area contributed by atoms with Crippen LogP contribution in [0.15, 0.2) is 102 Å². The highest BCUT2D eigenvalue weighted by Crippen LogP contribution is 2.48. The lowest BCUT2D eigenvalue weighted by Crippen LogP contribution is -2.34. The molecule has 1 saturated heterocycles. The normalized spacial score (nSPS) is 15.3. The quantitative estimate of drug-likeness (QED) is 0.0548. The summed E-state index contributed by atoms with van der Waals surface area (Å²) >= 11 is 7.81. The van der Waals surface area contributed by atoms with Gasteiger partial charge in [0.05, 0.1) is 4.53 Å². The van der Waals surface area contributed by atoms with Crippen molar-refractivity contribution in [2.45, 2.75) is 46.3 Å². The van der Waals surface area contributed by atoms with Crippen molar-refractivity contribution < 1.29 is 14.3 Å². The summed E-state index contributed by atoms with van der Waals surface area (Å²) in [7, 11) is 0. The van der Waals surface area contributed by atoms with Crippen LogP contribution in [0.4, 0.5) is 11.4 Å². The van der Waals surface area contributed by atoms with Crippen LogP contribution in [-0.4, -0.2) is 39.3 Å². The van der Waals surface area contributed by atoms with Gasteiger partial charge in [-0.3, -0.25) is 23.9 Å². The third-order valence-electron chi connectivity index (χ3n) is 9.50. The van der Waals surface area contributed by atoms with E-state index >= 15 is 0 Å². The van der Waals surface area contributed by atoms with E-state index in [0.29, 0.717) is 31.4 Å². The highest BCUT2D eigenvalue weighted by molar-refractivity contribution is 8.30. The summed E-state index contributed by atoms with van der Waals surface area (Å²) in [5.41, 5.74) is 9.46. The molecule has 1 fully saturated rings. The van der Waals surface area contributed by atoms with Crippen LogP contribution in [0.25, 0.3) is 44.9 Å². The largest absolute Gasteiger partial charge is 0.446 e. The van der Waals surface area contributed by atoms with Crippen LogP contribution in [0.3, 0.4) is 0 Å². The van der Waals surface area contributed by atoms with Crippen molar-refractivity contribution in [1.82, 2.24) is 9.47 Å². The summed E-state index contributed by atoms with van der Waals surface area (Å²) in [6.07, 6.45) is 8.63. The van der Waals surface area contributed by atoms with Gasteiger partial charge < -0.3 is 9.64 Å². The third kappa shape index (κ3) is 7.31. The molecular weight excluding hydrogens is 719 g/mol. The number of rotatable bonds is 12. The van der Waals surface area contributed by atoms with Gasteiger partial charge in [0.25, 0.3) is 17.9 Å². The molecule has 0 spiro atoms. The van der Waals surface area contributed by atoms with Crippen LogP contribution in [0.2, 0.25) is 0 Å². The molecule has 0 atom stereocenters. The predicted molar refractivity (Wildman–Crippen MR) is 223 cm³/mol. The Morgan fingerprint density at radius 3 is 2.21 bits per heavy atom. The molecule has 0 radical (unpaired) electrons. The van der Waals surface area contributed by atoms with Crippen LogP contribution in [-0.2, 0) is 21.1 Å². The van der Waals surface area contributed by atoms with E-state index in [4.69, 9.17) is 17.0 Å². The maximum atomic E-state index is 14.0. The molecule has 268 valence electrons. The summed E-state index contributed by atoms with van der Waals surface area (Å²) in [6, 6.07) is 33.8. The van der Waals surface area contributed by atoms with Crippen molar-refractivity contribution in [2.24, 2.45) is 0 Å². The summed E-state index contributed by atoms with van der Waals surface area (Å²) < 4.78 is 7.63. The molecule has 0 unspecified atom stereocenters. The smallest absolute Gasteiger partial charge is 0.294 e. The number of aromatic nitrogens is 1. The zero-order chi connectivity index (χ0) is 36.9. The fraction of sp³-hybridized carbons (Fsp3) is 0.209. The number of thiocarbonyl (C=S) groups is 1. The number of hydrogen-bond acceptors (Lipinski definition) is 8. The van der Waals surface area contributed by atoms with Crippen molar-refractivity contribution >= 4 is 86.0 Å². The SMILES string of the molecule is CCCCCCN1c2ccccc2-c2ccccc2-c2cc(/C=C(\C=c3/s/c(=C4/SC(=S)N(CC)C4=O)n(COC=O)c3=O)c3ccccc3)ccc21. The number of anilines is 2. The number of benzene rings is 4. The Balaban J connectivity index is 1.41. The number of para-hydroxylation sites is 1. The first-order chi connectivity index (χ1) is 25.9. The van der Waals surface area contributed by atoms with Crippen LogP contribution in [0.1, 0.15) is 50.7 Å². The van der Waals surface area contributed by atoms with Crippen molar-refractivity contribution in [2.75, 3.05) is 18.0 Å². The molecular formula is C43H39N3O4S3. The monoisotopic (exact) mass is 757 g/mol. The van der Waals surface area contributed by atoms with Gasteiger partial charge in [-0.25, -0.2) is 0 Å². The van der Waals surface area contributed by atoms with Gasteiger partial charge in [0.1, 0.15) is 13.9 Å². The molecule has 53 heavy (non-hydrogen) atoms. The maximum absolute atomic E-state index is 14.0. The van der Waals surface area contributed by atoms with Crippen molar-refractivity contribution in [3.63, 3.8) is 0 Å². The number of ether oxygens (including phenoxy) is 1. The average Bonchev–Trinajstić information content (AvgIpc) is 3.61. The second-order valence-electron chi connectivity index (χ2n) is 12.8. The zero-order valence-electron chi connectivity index (χ0n) is 29.6. The Hall–Kier alpha value is -5.03. The fourth-order valence-corrected chi connectivity index (χ4v) is 9.54. The van der Waals surface area contributed by atoms with Crippen LogP contribution < -0.4 is 19.7 Å². The van der Waals surface area contributed by atoms with E-state index in [1.165, 1.54) is 62.4 Å². The molecule has 10 heteroatoms. The molecule has 0 N–H and O–H groups in total. The first-order valence-electron chi connectivity index (χ1n) is 17.9. The van der Waals surface area contributed by atoms with Crippen molar-refractivity contribution in [1.29, 1.82) is 0 Å². The standard InChI is InChI=1S/C43H39N3O4S3/c1-3-5-6-14-23-45-36-20-13-12-19-34(36)32-17-10-11-18-33(32)35-25-29(21-22-37(35)45)24-31(30-15-8-7-9-16-30)26-38-40(48)46(27-50-28-47)42(52-38)39-41(49)44(4-2)43(51)53-39/h7-13,15-22,24-26,28H,3-6,14,23,27H2,1-2H3/b31-24+,38-26-,42-39+. The van der Waals surface area contributed by atoms with Crippen LogP contribution in [0.5, 0.6) is 0 Å². The van der Waals surface area contributed by atoms with E-state index in [1.807, 2.05) is 43.3 Å². The minimum Gasteiger partial charge on any atom is -0.446 e. The lowest BCUT2D eigenvalue weighted by molar-refractivity contribution is -0.132. The lowest BCUT2D eigenvalue weighted by atomic mass is 9.93. The Bertz CT molecular complexity index is 2410. The van der Waals surface area contributed by atoms with Crippen molar-refractivity contribution in [3.8, 4) is 22.3 Å². The number of amides is 1. The summed E-state index contributed by atoms with van der Waals surface area (Å²) in [5, 5.41) is 0. The Labute approximate surface area is 322 Å². The molecule has 7 rings (SSSR count). The molecule has 0 aliphatic carbocycles. The molecule has 2 aliphatic heterocycles. The number of unbranched alkanes of at least 4 members (excludes halogenated alkanes) is 3. The van der Waals surface area contributed by atoms with E-state index in [1.54, 1.807) is 0 Å². The van der Waals surface area contributed by atoms with Crippen molar-refractivity contribution in [3.05, 3.63) is 128 Å². The second-order valence-corrected chi connectivity index (χ2v) is 15.5. The predicted octanol–water partition coefficient (Wildman–Crippen LogP) is 8.42. The summed E-state index contributed by atoms with van der Waals surface area (Å²) in [5.74, 6) is -0.263. The van der Waals surface area contributed by atoms with Gasteiger partial charge in [0, 0.05) is 35.6 Å². The number of thioether (sulfide) groups is 1. The van der Waals surface area contributed by atoms with Crippen LogP contribution >= 0.6 is 35.3 Å². The molecule has 0 saturated carbocycles. The first-order valence-corrected chi connectivity index (χ1v) is 19.9. The highest BCUT2D eigenvalue weighted by Gasteiger charge is 2.33. The fourth-order valence-electron chi connectivity index (χ4n) is 6.92. The molecule has 1 amide bonds. The number of allylic oxidation sites excluding steroid dienone is 1. The second kappa shape index (κ2) is 16.3. The van der Waals surface area contributed by atoms with E-state index in [2.05, 4.69) is 84.6 Å². The maximum Gasteiger partial charge on any atom is 0.294 e. The Morgan fingerprint density at radius 1 is 0.792 bits per heavy atom. The van der Waals surface area contributed by atoms with E-state index in [9.17, 15) is 14.4 Å². The first kappa shape index (κ1) is 36.3.